The van der Waals surface area contributed by atoms with E-state index in [1.54, 1.807) is 12.1 Å². The van der Waals surface area contributed by atoms with E-state index in [1.165, 1.54) is 19.0 Å². The van der Waals surface area contributed by atoms with E-state index < -0.39 is 0 Å². The minimum absolute atomic E-state index is 0.0688. The van der Waals surface area contributed by atoms with Gasteiger partial charge in [0.15, 0.2) is 0 Å². The van der Waals surface area contributed by atoms with Gasteiger partial charge in [0.05, 0.1) is 5.56 Å². The topological polar surface area (TPSA) is 68.0 Å². The van der Waals surface area contributed by atoms with Crippen molar-refractivity contribution >= 4 is 11.7 Å². The van der Waals surface area contributed by atoms with Crippen LogP contribution in [0.5, 0.6) is 0 Å². The molecule has 16 heavy (non-hydrogen) atoms. The Bertz CT molecular complexity index is 370. The summed E-state index contributed by atoms with van der Waals surface area (Å²) >= 11 is 0. The predicted octanol–water partition coefficient (Wildman–Crippen LogP) is 1.58. The third kappa shape index (κ3) is 2.95. The molecule has 1 fully saturated rings. The standard InChI is InChI=1S/C12H17N3O/c1-8(6-9-2-3-9)15-12(16)10-4-5-11(13)14-7-10/h4-5,7-9H,2-3,6H2,1H3,(H2,13,14)(H,15,16). The quantitative estimate of drug-likeness (QED) is 0.808. The molecule has 0 aromatic carbocycles. The first-order valence-corrected chi connectivity index (χ1v) is 5.67. The molecule has 3 N–H and O–H groups in total. The van der Waals surface area contributed by atoms with Gasteiger partial charge in [0.1, 0.15) is 5.82 Å². The van der Waals surface area contributed by atoms with E-state index in [4.69, 9.17) is 5.73 Å². The van der Waals surface area contributed by atoms with Crippen LogP contribution in [-0.4, -0.2) is 16.9 Å². The normalized spacial score (nSPS) is 16.8. The maximum absolute atomic E-state index is 11.8. The van der Waals surface area contributed by atoms with Crippen LogP contribution >= 0.6 is 0 Å². The smallest absolute Gasteiger partial charge is 0.253 e. The molecule has 1 aliphatic carbocycles. The minimum atomic E-state index is -0.0688. The van der Waals surface area contributed by atoms with E-state index in [0.717, 1.165) is 12.3 Å². The summed E-state index contributed by atoms with van der Waals surface area (Å²) in [4.78, 5) is 15.7. The van der Waals surface area contributed by atoms with Crippen LogP contribution in [0, 0.1) is 5.92 Å². The third-order valence-corrected chi connectivity index (χ3v) is 2.81. The number of nitrogen functional groups attached to an aromatic ring is 1. The average molecular weight is 219 g/mol. The van der Waals surface area contributed by atoms with E-state index in [1.807, 2.05) is 6.92 Å². The van der Waals surface area contributed by atoms with Crippen molar-refractivity contribution in [1.82, 2.24) is 10.3 Å². The van der Waals surface area contributed by atoms with E-state index in [-0.39, 0.29) is 11.9 Å². The zero-order chi connectivity index (χ0) is 11.5. The molecule has 0 bridgehead atoms. The fraction of sp³-hybridized carbons (Fsp3) is 0.500. The predicted molar refractivity (Wildman–Crippen MR) is 62.9 cm³/mol. The molecule has 1 unspecified atom stereocenters. The van der Waals surface area contributed by atoms with Crippen LogP contribution in [0.25, 0.3) is 0 Å². The molecule has 0 radical (unpaired) electrons. The number of hydrogen-bond acceptors (Lipinski definition) is 3. The van der Waals surface area contributed by atoms with Gasteiger partial charge in [-0.2, -0.15) is 0 Å². The summed E-state index contributed by atoms with van der Waals surface area (Å²) in [5.41, 5.74) is 6.03. The SMILES string of the molecule is CC(CC1CC1)NC(=O)c1ccc(N)nc1. The van der Waals surface area contributed by atoms with Crippen molar-refractivity contribution < 1.29 is 4.79 Å². The molecule has 1 aromatic heterocycles. The van der Waals surface area contributed by atoms with Crippen LogP contribution in [0.4, 0.5) is 5.82 Å². The summed E-state index contributed by atoms with van der Waals surface area (Å²) < 4.78 is 0. The maximum Gasteiger partial charge on any atom is 0.253 e. The van der Waals surface area contributed by atoms with E-state index in [2.05, 4.69) is 10.3 Å². The van der Waals surface area contributed by atoms with E-state index in [9.17, 15) is 4.79 Å². The Morgan fingerprint density at radius 3 is 2.94 bits per heavy atom. The average Bonchev–Trinajstić information content (AvgIpc) is 3.02. The Morgan fingerprint density at radius 1 is 1.62 bits per heavy atom. The number of pyridine rings is 1. The highest BCUT2D eigenvalue weighted by atomic mass is 16.1. The summed E-state index contributed by atoms with van der Waals surface area (Å²) in [5.74, 6) is 1.18. The van der Waals surface area contributed by atoms with Crippen molar-refractivity contribution in [3.05, 3.63) is 23.9 Å². The number of aromatic nitrogens is 1. The Balaban J connectivity index is 1.88. The first-order valence-electron chi connectivity index (χ1n) is 5.67. The van der Waals surface area contributed by atoms with Crippen molar-refractivity contribution in [3.63, 3.8) is 0 Å². The number of nitrogens with zero attached hydrogens (tertiary/aromatic N) is 1. The van der Waals surface area contributed by atoms with Gasteiger partial charge in [-0.15, -0.1) is 0 Å². The number of anilines is 1. The molecule has 1 saturated carbocycles. The minimum Gasteiger partial charge on any atom is -0.384 e. The Labute approximate surface area is 95.3 Å². The second-order valence-electron chi connectivity index (χ2n) is 4.53. The molecule has 0 spiro atoms. The molecule has 2 rings (SSSR count). The van der Waals surface area contributed by atoms with Gasteiger partial charge in [-0.3, -0.25) is 4.79 Å². The third-order valence-electron chi connectivity index (χ3n) is 2.81. The molecule has 1 aliphatic rings. The van der Waals surface area contributed by atoms with E-state index >= 15 is 0 Å². The van der Waals surface area contributed by atoms with Crippen LogP contribution < -0.4 is 11.1 Å². The Kier molecular flexibility index (Phi) is 3.08. The van der Waals surface area contributed by atoms with Gasteiger partial charge in [-0.25, -0.2) is 4.98 Å². The Hall–Kier alpha value is -1.58. The lowest BCUT2D eigenvalue weighted by molar-refractivity contribution is 0.0937. The molecular formula is C12H17N3O. The summed E-state index contributed by atoms with van der Waals surface area (Å²) in [6.07, 6.45) is 5.20. The zero-order valence-corrected chi connectivity index (χ0v) is 9.44. The number of carbonyl (C=O) groups is 1. The van der Waals surface area contributed by atoms with Crippen LogP contribution in [0.3, 0.4) is 0 Å². The first-order chi connectivity index (χ1) is 7.65. The maximum atomic E-state index is 11.8. The zero-order valence-electron chi connectivity index (χ0n) is 9.44. The highest BCUT2D eigenvalue weighted by Crippen LogP contribution is 2.33. The van der Waals surface area contributed by atoms with Crippen molar-refractivity contribution in [2.75, 3.05) is 5.73 Å². The molecular weight excluding hydrogens is 202 g/mol. The lowest BCUT2D eigenvalue weighted by atomic mass is 10.1. The lowest BCUT2D eigenvalue weighted by Crippen LogP contribution is -2.32. The number of carbonyl (C=O) groups excluding carboxylic acids is 1. The summed E-state index contributed by atoms with van der Waals surface area (Å²) in [6.45, 7) is 2.04. The lowest BCUT2D eigenvalue weighted by Gasteiger charge is -2.13. The van der Waals surface area contributed by atoms with Crippen LogP contribution in [0.1, 0.15) is 36.5 Å². The molecule has 1 amide bonds. The second kappa shape index (κ2) is 4.51. The Morgan fingerprint density at radius 2 is 2.38 bits per heavy atom. The molecule has 1 aromatic rings. The number of rotatable bonds is 4. The van der Waals surface area contributed by atoms with Crippen molar-refractivity contribution in [1.29, 1.82) is 0 Å². The molecule has 1 atom stereocenters. The first kappa shape index (κ1) is 10.9. The second-order valence-corrected chi connectivity index (χ2v) is 4.53. The largest absolute Gasteiger partial charge is 0.384 e. The van der Waals surface area contributed by atoms with Crippen molar-refractivity contribution in [3.8, 4) is 0 Å². The molecule has 4 nitrogen and oxygen atoms in total. The monoisotopic (exact) mass is 219 g/mol. The summed E-state index contributed by atoms with van der Waals surface area (Å²) in [7, 11) is 0. The van der Waals surface area contributed by atoms with Gasteiger partial charge in [0.25, 0.3) is 5.91 Å². The number of nitrogens with two attached hydrogens (primary N) is 1. The van der Waals surface area contributed by atoms with Crippen molar-refractivity contribution in [2.45, 2.75) is 32.2 Å². The van der Waals surface area contributed by atoms with Crippen LogP contribution in [0.2, 0.25) is 0 Å². The molecule has 4 heteroatoms. The van der Waals surface area contributed by atoms with Gasteiger partial charge in [-0.1, -0.05) is 12.8 Å². The molecule has 0 aliphatic heterocycles. The van der Waals surface area contributed by atoms with E-state index in [0.29, 0.717) is 11.4 Å². The highest BCUT2D eigenvalue weighted by Gasteiger charge is 2.24. The van der Waals surface area contributed by atoms with Crippen LogP contribution in [0.15, 0.2) is 18.3 Å². The number of amides is 1. The molecule has 86 valence electrons. The fourth-order valence-corrected chi connectivity index (χ4v) is 1.76. The van der Waals surface area contributed by atoms with Gasteiger partial charge in [0.2, 0.25) is 0 Å². The summed E-state index contributed by atoms with van der Waals surface area (Å²) in [6, 6.07) is 3.57. The number of hydrogen-bond donors (Lipinski definition) is 2. The van der Waals surface area contributed by atoms with Gasteiger partial charge in [-0.05, 0) is 31.4 Å². The van der Waals surface area contributed by atoms with Gasteiger partial charge < -0.3 is 11.1 Å². The highest BCUT2D eigenvalue weighted by molar-refractivity contribution is 5.94. The summed E-state index contributed by atoms with van der Waals surface area (Å²) in [5, 5.41) is 2.97. The molecule has 1 heterocycles. The van der Waals surface area contributed by atoms with Crippen LogP contribution in [-0.2, 0) is 0 Å². The number of nitrogens with one attached hydrogen (secondary N) is 1. The molecule has 0 saturated heterocycles. The van der Waals surface area contributed by atoms with Gasteiger partial charge in [0, 0.05) is 12.2 Å². The van der Waals surface area contributed by atoms with Crippen molar-refractivity contribution in [2.24, 2.45) is 5.92 Å². The van der Waals surface area contributed by atoms with Gasteiger partial charge >= 0.3 is 0 Å². The fourth-order valence-electron chi connectivity index (χ4n) is 1.76.